The van der Waals surface area contributed by atoms with Gasteiger partial charge in [-0.1, -0.05) is 18.2 Å². The predicted molar refractivity (Wildman–Crippen MR) is 272 cm³/mol. The zero-order valence-electron chi connectivity index (χ0n) is 39.7. The molecule has 370 valence electrons. The Morgan fingerprint density at radius 2 is 0.930 bits per heavy atom. The number of nitrogens with zero attached hydrogens (tertiary/aromatic N) is 4. The third-order valence-corrected chi connectivity index (χ3v) is 10.3. The number of benzene rings is 6. The molecule has 0 radical (unpaired) electrons. The van der Waals surface area contributed by atoms with Crippen LogP contribution in [0.1, 0.15) is 58.3 Å². The second-order valence-corrected chi connectivity index (χ2v) is 15.7. The highest BCUT2D eigenvalue weighted by molar-refractivity contribution is 6.06. The van der Waals surface area contributed by atoms with E-state index in [0.29, 0.717) is 57.9 Å². The minimum atomic E-state index is -0.514. The maximum absolute atomic E-state index is 12.4. The number of rotatable bonds is 17. The van der Waals surface area contributed by atoms with E-state index in [9.17, 15) is 44.7 Å². The van der Waals surface area contributed by atoms with Gasteiger partial charge in [0.15, 0.2) is 0 Å². The number of ether oxygens (including phenoxy) is 3. The molecule has 7 rings (SSSR count). The number of carbonyl (C=O) groups is 3. The Morgan fingerprint density at radius 3 is 1.28 bits per heavy atom. The average Bonchev–Trinajstić information content (AvgIpc) is 3.34. The van der Waals surface area contributed by atoms with Crippen LogP contribution in [0.4, 0.5) is 51.2 Å². The lowest BCUT2D eigenvalue weighted by Gasteiger charge is -2.32. The van der Waals surface area contributed by atoms with Gasteiger partial charge < -0.3 is 45.7 Å². The molecule has 21 heteroatoms. The second kappa shape index (κ2) is 25.2. The molecule has 3 amide bonds. The van der Waals surface area contributed by atoms with Crippen molar-refractivity contribution in [1.82, 2.24) is 0 Å². The van der Waals surface area contributed by atoms with Crippen LogP contribution < -0.4 is 45.7 Å². The minimum absolute atomic E-state index is 0.0418. The Bertz CT molecular complexity index is 2890. The molecule has 0 atom stereocenters. The van der Waals surface area contributed by atoms with Crippen molar-refractivity contribution in [3.05, 3.63) is 174 Å². The molecule has 0 bridgehead atoms. The van der Waals surface area contributed by atoms with Crippen molar-refractivity contribution < 1.29 is 43.4 Å². The van der Waals surface area contributed by atoms with E-state index in [2.05, 4.69) is 26.6 Å². The Kier molecular flexibility index (Phi) is 18.7. The van der Waals surface area contributed by atoms with Crippen LogP contribution in [-0.4, -0.2) is 79.5 Å². The fraction of sp³-hybridized carbons (Fsp3) is 0.220. The van der Waals surface area contributed by atoms with Crippen LogP contribution in [0.2, 0.25) is 0 Å². The number of nitrogens with one attached hydrogen (secondary N) is 5. The molecule has 1 fully saturated rings. The third kappa shape index (κ3) is 14.9. The maximum Gasteiger partial charge on any atom is 0.293 e. The number of amides is 3. The first-order chi connectivity index (χ1) is 34.0. The summed E-state index contributed by atoms with van der Waals surface area (Å²) < 4.78 is 15.3. The lowest BCUT2D eigenvalue weighted by atomic mass is 10.1. The number of nitro benzene ring substituents is 3. The Labute approximate surface area is 408 Å². The molecule has 0 unspecified atom stereocenters. The van der Waals surface area contributed by atoms with E-state index in [4.69, 9.17) is 14.2 Å². The zero-order chi connectivity index (χ0) is 51.6. The number of hydrogen-bond acceptors (Lipinski definition) is 15. The molecular formula is C50H53N9O12. The standard InChI is InChI=1S/C17H17N3O4.C17H19N3O4.C16H17N3O4/c1-24-14-5-2-4-13(11-14)18-17(21)12-6-7-15(19-8-3-9-19)16(10-12)20(22)23;1-11(2)18-15-8-7-12(9-16(15)20(22)23)17(21)19-13-5-4-6-14(10-13)24-3;1-3-17-14-8-7-11(9-15(14)19(21)22)16(20)18-12-5-4-6-13(10-12)23-2/h2,4-7,10-11H,3,8-9H2,1H3,(H,18,21);4-11,18H,1-3H3,(H,19,21);4-10,17H,3H2,1-2H3,(H,18,20). The Hall–Kier alpha value is -9.27. The van der Waals surface area contributed by atoms with Gasteiger partial charge in [-0.2, -0.15) is 0 Å². The van der Waals surface area contributed by atoms with E-state index >= 15 is 0 Å². The van der Waals surface area contributed by atoms with Crippen molar-refractivity contribution in [2.45, 2.75) is 33.2 Å². The summed E-state index contributed by atoms with van der Waals surface area (Å²) in [6.07, 6.45) is 1.02. The molecule has 1 aliphatic rings. The molecule has 0 aromatic heterocycles. The number of carbonyl (C=O) groups excluding carboxylic acids is 3. The minimum Gasteiger partial charge on any atom is -0.497 e. The van der Waals surface area contributed by atoms with Crippen LogP contribution >= 0.6 is 0 Å². The van der Waals surface area contributed by atoms with Gasteiger partial charge in [-0.15, -0.1) is 0 Å². The molecule has 71 heavy (non-hydrogen) atoms. The first-order valence-corrected chi connectivity index (χ1v) is 22.0. The van der Waals surface area contributed by atoms with Gasteiger partial charge >= 0.3 is 0 Å². The molecule has 0 spiro atoms. The summed E-state index contributed by atoms with van der Waals surface area (Å²) in [5.41, 5.74) is 3.33. The van der Waals surface area contributed by atoms with Crippen molar-refractivity contribution in [1.29, 1.82) is 0 Å². The largest absolute Gasteiger partial charge is 0.497 e. The lowest BCUT2D eigenvalue weighted by molar-refractivity contribution is -0.384. The fourth-order valence-electron chi connectivity index (χ4n) is 6.77. The van der Waals surface area contributed by atoms with E-state index in [-0.39, 0.29) is 39.8 Å². The summed E-state index contributed by atoms with van der Waals surface area (Å²) in [6, 6.07) is 34.0. The molecule has 1 aliphatic heterocycles. The van der Waals surface area contributed by atoms with Crippen molar-refractivity contribution in [2.24, 2.45) is 0 Å². The fourth-order valence-corrected chi connectivity index (χ4v) is 6.77. The summed E-state index contributed by atoms with van der Waals surface area (Å²) in [5, 5.41) is 47.7. The first-order valence-electron chi connectivity index (χ1n) is 22.0. The van der Waals surface area contributed by atoms with Crippen molar-refractivity contribution in [3.63, 3.8) is 0 Å². The monoisotopic (exact) mass is 971 g/mol. The van der Waals surface area contributed by atoms with Crippen LogP contribution in [0.3, 0.4) is 0 Å². The SMILES string of the molecule is CCNc1ccc(C(=O)Nc2cccc(OC)c2)cc1[N+](=O)[O-].COc1cccc(NC(=O)c2ccc(N3CCC3)c([N+](=O)[O-])c2)c1.COc1cccc(NC(=O)c2ccc(NC(C)C)c([N+](=O)[O-])c2)c1. The van der Waals surface area contributed by atoms with E-state index in [1.165, 1.54) is 38.5 Å². The number of anilines is 6. The number of nitro groups is 3. The van der Waals surface area contributed by atoms with Gasteiger partial charge in [0.1, 0.15) is 34.3 Å². The van der Waals surface area contributed by atoms with Crippen LogP contribution in [0.25, 0.3) is 0 Å². The van der Waals surface area contributed by atoms with E-state index in [1.807, 2.05) is 25.7 Å². The topological polar surface area (TPSA) is 272 Å². The molecule has 1 saturated heterocycles. The van der Waals surface area contributed by atoms with Gasteiger partial charge in [0.2, 0.25) is 0 Å². The molecule has 1 heterocycles. The summed E-state index contributed by atoms with van der Waals surface area (Å²) in [6.45, 7) is 7.76. The van der Waals surface area contributed by atoms with Crippen LogP contribution in [0, 0.1) is 30.3 Å². The number of hydrogen-bond donors (Lipinski definition) is 5. The quantitative estimate of drug-likeness (QED) is 0.0420. The van der Waals surface area contributed by atoms with E-state index < -0.39 is 32.5 Å². The normalized spacial score (nSPS) is 11.2. The second-order valence-electron chi connectivity index (χ2n) is 15.7. The maximum atomic E-state index is 12.4. The van der Waals surface area contributed by atoms with Crippen LogP contribution in [0.5, 0.6) is 17.2 Å². The molecular weight excluding hydrogens is 919 g/mol. The first kappa shape index (κ1) is 52.7. The van der Waals surface area contributed by atoms with Crippen molar-refractivity contribution in [2.75, 3.05) is 72.4 Å². The highest BCUT2D eigenvalue weighted by Gasteiger charge is 2.25. The smallest absolute Gasteiger partial charge is 0.293 e. The van der Waals surface area contributed by atoms with Gasteiger partial charge in [0.25, 0.3) is 34.8 Å². The van der Waals surface area contributed by atoms with Gasteiger partial charge in [-0.05, 0) is 100.0 Å². The summed E-state index contributed by atoms with van der Waals surface area (Å²) >= 11 is 0. The van der Waals surface area contributed by atoms with E-state index in [1.54, 1.807) is 110 Å². The summed E-state index contributed by atoms with van der Waals surface area (Å²) in [4.78, 5) is 71.1. The highest BCUT2D eigenvalue weighted by Crippen LogP contribution is 2.33. The van der Waals surface area contributed by atoms with E-state index in [0.717, 1.165) is 19.5 Å². The molecule has 21 nitrogen and oxygen atoms in total. The Balaban J connectivity index is 0.000000198. The molecule has 0 saturated carbocycles. The third-order valence-electron chi connectivity index (χ3n) is 10.3. The van der Waals surface area contributed by atoms with Gasteiger partial charge in [-0.3, -0.25) is 44.7 Å². The zero-order valence-corrected chi connectivity index (χ0v) is 39.7. The summed E-state index contributed by atoms with van der Waals surface area (Å²) in [7, 11) is 4.60. The van der Waals surface area contributed by atoms with Crippen molar-refractivity contribution in [3.8, 4) is 17.2 Å². The van der Waals surface area contributed by atoms with Gasteiger partial charge in [-0.25, -0.2) is 0 Å². The number of methoxy groups -OCH3 is 3. The summed E-state index contributed by atoms with van der Waals surface area (Å²) in [5.74, 6) is 0.576. The Morgan fingerprint density at radius 1 is 0.549 bits per heavy atom. The highest BCUT2D eigenvalue weighted by atomic mass is 16.6. The molecule has 0 aliphatic carbocycles. The van der Waals surface area contributed by atoms with Gasteiger partial charge in [0.05, 0.1) is 36.1 Å². The molecule has 5 N–H and O–H groups in total. The van der Waals surface area contributed by atoms with Gasteiger partial charge in [0, 0.05) is 95.8 Å². The average molecular weight is 972 g/mol. The molecule has 6 aromatic rings. The van der Waals surface area contributed by atoms with Crippen LogP contribution in [-0.2, 0) is 0 Å². The lowest BCUT2D eigenvalue weighted by Crippen LogP contribution is -2.37. The predicted octanol–water partition coefficient (Wildman–Crippen LogP) is 10.0. The van der Waals surface area contributed by atoms with Crippen LogP contribution in [0.15, 0.2) is 127 Å². The molecule has 6 aromatic carbocycles. The van der Waals surface area contributed by atoms with Crippen molar-refractivity contribution >= 4 is 68.9 Å².